The fourth-order valence-electron chi connectivity index (χ4n) is 4.77. The second-order valence-electron chi connectivity index (χ2n) is 8.91. The van der Waals surface area contributed by atoms with Crippen LogP contribution in [0.25, 0.3) is 38.9 Å². The van der Waals surface area contributed by atoms with E-state index in [9.17, 15) is 9.59 Å². The first-order chi connectivity index (χ1) is 17.4. The molecular formula is C27H29N7O2. The van der Waals surface area contributed by atoms with Crippen LogP contribution in [0.1, 0.15) is 25.8 Å². The lowest BCUT2D eigenvalue weighted by Gasteiger charge is -2.20. The molecule has 0 atom stereocenters. The zero-order valence-electron chi connectivity index (χ0n) is 21.0. The third-order valence-corrected chi connectivity index (χ3v) is 6.64. The molecule has 0 radical (unpaired) electrons. The molecule has 0 aliphatic carbocycles. The summed E-state index contributed by atoms with van der Waals surface area (Å²) in [6.07, 6.45) is 8.01. The van der Waals surface area contributed by atoms with Crippen LogP contribution in [0.3, 0.4) is 0 Å². The Morgan fingerprint density at radius 3 is 2.58 bits per heavy atom. The number of likely N-dealkylation sites (N-methyl/N-ethyl adjacent to an activating group) is 1. The minimum atomic E-state index is -0.281. The number of pyridine rings is 2. The summed E-state index contributed by atoms with van der Waals surface area (Å²) in [7, 11) is 1.88. The van der Waals surface area contributed by atoms with E-state index in [-0.39, 0.29) is 18.1 Å². The topological polar surface area (TPSA) is 90.8 Å². The highest BCUT2D eigenvalue weighted by molar-refractivity contribution is 5.93. The van der Waals surface area contributed by atoms with Gasteiger partial charge in [-0.05, 0) is 44.0 Å². The predicted octanol–water partition coefficient (Wildman–Crippen LogP) is 3.70. The molecule has 9 nitrogen and oxygen atoms in total. The van der Waals surface area contributed by atoms with E-state index < -0.39 is 0 Å². The van der Waals surface area contributed by atoms with E-state index >= 15 is 0 Å². The first-order valence-corrected chi connectivity index (χ1v) is 12.2. The largest absolute Gasteiger partial charge is 0.341 e. The maximum absolute atomic E-state index is 13.7. The molecule has 0 saturated heterocycles. The number of hydrogen-bond donors (Lipinski definition) is 0. The summed E-state index contributed by atoms with van der Waals surface area (Å²) in [4.78, 5) is 37.5. The van der Waals surface area contributed by atoms with Gasteiger partial charge >= 0.3 is 5.69 Å². The molecule has 0 bridgehead atoms. The minimum absolute atomic E-state index is 0.00756. The van der Waals surface area contributed by atoms with E-state index in [1.807, 2.05) is 64.3 Å². The fourth-order valence-corrected chi connectivity index (χ4v) is 4.77. The number of carbonyl (C=O) groups excluding carboxylic acids is 1. The highest BCUT2D eigenvalue weighted by Crippen LogP contribution is 2.28. The maximum Gasteiger partial charge on any atom is 0.335 e. The monoisotopic (exact) mass is 483 g/mol. The second kappa shape index (κ2) is 9.41. The number of benzene rings is 1. The van der Waals surface area contributed by atoms with Crippen molar-refractivity contribution in [2.45, 2.75) is 33.7 Å². The number of aryl methyl sites for hydroxylation is 2. The van der Waals surface area contributed by atoms with Crippen molar-refractivity contribution >= 4 is 27.8 Å². The fraction of sp³-hybridized carbons (Fsp3) is 0.296. The van der Waals surface area contributed by atoms with E-state index in [2.05, 4.69) is 15.1 Å². The normalized spacial score (nSPS) is 11.4. The summed E-state index contributed by atoms with van der Waals surface area (Å²) < 4.78 is 4.94. The van der Waals surface area contributed by atoms with E-state index in [0.29, 0.717) is 18.9 Å². The SMILES string of the molecule is CCCN(CC)C(=O)Cn1c(=O)n(-c2ccc(-c3cncc4c3cnn4C)cn2)c2c(C)cccc21. The van der Waals surface area contributed by atoms with E-state index in [1.165, 1.54) is 0 Å². The number of para-hydroxylation sites is 1. The average molecular weight is 484 g/mol. The number of imidazole rings is 1. The molecule has 0 aliphatic heterocycles. The van der Waals surface area contributed by atoms with E-state index in [4.69, 9.17) is 0 Å². The number of aromatic nitrogens is 6. The zero-order chi connectivity index (χ0) is 25.4. The Morgan fingerprint density at radius 2 is 1.86 bits per heavy atom. The molecule has 0 N–H and O–H groups in total. The molecule has 9 heteroatoms. The number of fused-ring (bicyclic) bond motifs is 2. The van der Waals surface area contributed by atoms with E-state index in [1.54, 1.807) is 37.3 Å². The molecule has 0 unspecified atom stereocenters. The van der Waals surface area contributed by atoms with Crippen molar-refractivity contribution in [3.05, 3.63) is 71.2 Å². The van der Waals surface area contributed by atoms with Crippen molar-refractivity contribution in [2.75, 3.05) is 13.1 Å². The van der Waals surface area contributed by atoms with Crippen molar-refractivity contribution in [2.24, 2.45) is 7.05 Å². The van der Waals surface area contributed by atoms with Crippen molar-refractivity contribution < 1.29 is 4.79 Å². The highest BCUT2D eigenvalue weighted by atomic mass is 16.2. The molecule has 4 heterocycles. The summed E-state index contributed by atoms with van der Waals surface area (Å²) in [5.74, 6) is 0.434. The van der Waals surface area contributed by atoms with Crippen molar-refractivity contribution in [1.82, 2.24) is 33.8 Å². The lowest BCUT2D eigenvalue weighted by Crippen LogP contribution is -2.37. The lowest BCUT2D eigenvalue weighted by molar-refractivity contribution is -0.131. The summed E-state index contributed by atoms with van der Waals surface area (Å²) in [6, 6.07) is 9.52. The van der Waals surface area contributed by atoms with Crippen molar-refractivity contribution in [3.8, 4) is 16.9 Å². The van der Waals surface area contributed by atoms with Gasteiger partial charge in [0.2, 0.25) is 5.91 Å². The van der Waals surface area contributed by atoms with Crippen LogP contribution in [0.5, 0.6) is 0 Å². The standard InChI is InChI=1S/C27H29N7O2/c1-5-12-32(6-2)25(35)17-33-22-9-7-8-18(3)26(22)34(27(33)36)24-11-10-19(13-29-24)20-14-28-16-23-21(20)15-30-31(23)4/h7-11,13-16H,5-6,12,17H2,1-4H3. The molecule has 0 saturated carbocycles. The van der Waals surface area contributed by atoms with Crippen LogP contribution < -0.4 is 5.69 Å². The van der Waals surface area contributed by atoms with Gasteiger partial charge in [0.15, 0.2) is 0 Å². The Morgan fingerprint density at radius 1 is 1.03 bits per heavy atom. The minimum Gasteiger partial charge on any atom is -0.341 e. The Kier molecular flexibility index (Phi) is 6.13. The number of amides is 1. The number of carbonyl (C=O) groups is 1. The molecule has 5 aromatic rings. The van der Waals surface area contributed by atoms with Crippen molar-refractivity contribution in [1.29, 1.82) is 0 Å². The van der Waals surface area contributed by atoms with Gasteiger partial charge in [-0.1, -0.05) is 19.1 Å². The van der Waals surface area contributed by atoms with Crippen LogP contribution in [0.15, 0.2) is 59.9 Å². The summed E-state index contributed by atoms with van der Waals surface area (Å²) >= 11 is 0. The lowest BCUT2D eigenvalue weighted by atomic mass is 10.1. The van der Waals surface area contributed by atoms with Crippen LogP contribution in [0.4, 0.5) is 0 Å². The first-order valence-electron chi connectivity index (χ1n) is 12.2. The highest BCUT2D eigenvalue weighted by Gasteiger charge is 2.21. The van der Waals surface area contributed by atoms with Crippen LogP contribution in [0.2, 0.25) is 0 Å². The number of hydrogen-bond acceptors (Lipinski definition) is 5. The van der Waals surface area contributed by atoms with Crippen LogP contribution in [-0.2, 0) is 18.4 Å². The smallest absolute Gasteiger partial charge is 0.335 e. The third-order valence-electron chi connectivity index (χ3n) is 6.64. The van der Waals surface area contributed by atoms with E-state index in [0.717, 1.165) is 45.0 Å². The molecule has 0 fully saturated rings. The van der Waals surface area contributed by atoms with Gasteiger partial charge in [0, 0.05) is 49.0 Å². The molecule has 5 rings (SSSR count). The maximum atomic E-state index is 13.7. The summed E-state index contributed by atoms with van der Waals surface area (Å²) in [5, 5.41) is 5.32. The second-order valence-corrected chi connectivity index (χ2v) is 8.91. The van der Waals surface area contributed by atoms with Gasteiger partial charge in [0.05, 0.1) is 28.9 Å². The Labute approximate surface area is 208 Å². The molecular weight excluding hydrogens is 454 g/mol. The van der Waals surface area contributed by atoms with Crippen LogP contribution in [-0.4, -0.2) is 52.8 Å². The van der Waals surface area contributed by atoms with Gasteiger partial charge in [-0.25, -0.2) is 14.3 Å². The molecule has 184 valence electrons. The van der Waals surface area contributed by atoms with Crippen LogP contribution >= 0.6 is 0 Å². The quantitative estimate of drug-likeness (QED) is 0.352. The van der Waals surface area contributed by atoms with Crippen molar-refractivity contribution in [3.63, 3.8) is 0 Å². The summed E-state index contributed by atoms with van der Waals surface area (Å²) in [6.45, 7) is 7.23. The summed E-state index contributed by atoms with van der Waals surface area (Å²) in [5.41, 5.74) is 4.86. The van der Waals surface area contributed by atoms with Gasteiger partial charge in [-0.2, -0.15) is 5.10 Å². The van der Waals surface area contributed by atoms with Gasteiger partial charge in [0.25, 0.3) is 0 Å². The third kappa shape index (κ3) is 3.86. The van der Waals surface area contributed by atoms with Crippen LogP contribution in [0, 0.1) is 6.92 Å². The molecule has 1 amide bonds. The Balaban J connectivity index is 1.59. The number of nitrogens with zero attached hydrogens (tertiary/aromatic N) is 7. The molecule has 4 aromatic heterocycles. The molecule has 36 heavy (non-hydrogen) atoms. The van der Waals surface area contributed by atoms with Gasteiger partial charge in [0.1, 0.15) is 12.4 Å². The molecule has 0 spiro atoms. The first kappa shape index (κ1) is 23.5. The Bertz CT molecular complexity index is 1630. The van der Waals surface area contributed by atoms with Gasteiger partial charge < -0.3 is 4.90 Å². The molecule has 0 aliphatic rings. The predicted molar refractivity (Wildman–Crippen MR) is 140 cm³/mol. The Hall–Kier alpha value is -4.27. The van der Waals surface area contributed by atoms with Gasteiger partial charge in [-0.3, -0.25) is 19.0 Å². The average Bonchev–Trinajstić information content (AvgIpc) is 3.40. The zero-order valence-corrected chi connectivity index (χ0v) is 21.0. The molecule has 1 aromatic carbocycles. The van der Waals surface area contributed by atoms with Gasteiger partial charge in [-0.15, -0.1) is 0 Å². The number of rotatable bonds is 7.